The van der Waals surface area contributed by atoms with Crippen LogP contribution in [-0.2, 0) is 7.05 Å². The summed E-state index contributed by atoms with van der Waals surface area (Å²) in [7, 11) is 4.15. The molecule has 1 fully saturated rings. The zero-order valence-electron chi connectivity index (χ0n) is 11.9. The highest BCUT2D eigenvalue weighted by Crippen LogP contribution is 2.26. The van der Waals surface area contributed by atoms with Gasteiger partial charge >= 0.3 is 0 Å². The molecule has 0 amide bonds. The molecule has 0 saturated carbocycles. The average molecular weight is 251 g/mol. The number of aryl methyl sites for hydroxylation is 2. The van der Waals surface area contributed by atoms with Gasteiger partial charge in [-0.05, 0) is 20.9 Å². The lowest BCUT2D eigenvalue weighted by Gasteiger charge is -2.42. The van der Waals surface area contributed by atoms with Gasteiger partial charge in [-0.15, -0.1) is 0 Å². The number of piperazine rings is 1. The molecule has 1 aliphatic heterocycles. The molecular formula is C13H25N5. The van der Waals surface area contributed by atoms with Crippen molar-refractivity contribution in [2.45, 2.75) is 25.9 Å². The van der Waals surface area contributed by atoms with Crippen molar-refractivity contribution in [3.8, 4) is 0 Å². The van der Waals surface area contributed by atoms with Crippen molar-refractivity contribution in [2.24, 2.45) is 12.8 Å². The highest BCUT2D eigenvalue weighted by atomic mass is 15.3. The summed E-state index contributed by atoms with van der Waals surface area (Å²) in [6.07, 6.45) is 2.13. The van der Waals surface area contributed by atoms with E-state index < -0.39 is 0 Å². The van der Waals surface area contributed by atoms with E-state index in [4.69, 9.17) is 5.73 Å². The third-order valence-electron chi connectivity index (χ3n) is 4.00. The fourth-order valence-electron chi connectivity index (χ4n) is 2.95. The van der Waals surface area contributed by atoms with E-state index in [2.05, 4.69) is 42.0 Å². The van der Waals surface area contributed by atoms with Crippen LogP contribution in [0, 0.1) is 6.92 Å². The summed E-state index contributed by atoms with van der Waals surface area (Å²) < 4.78 is 1.90. The van der Waals surface area contributed by atoms with E-state index in [1.165, 1.54) is 5.56 Å². The Balaban J connectivity index is 2.17. The Labute approximate surface area is 110 Å². The number of likely N-dealkylation sites (N-methyl/N-ethyl adjacent to an activating group) is 1. The Bertz CT molecular complexity index is 400. The van der Waals surface area contributed by atoms with Crippen LogP contribution in [0.25, 0.3) is 0 Å². The van der Waals surface area contributed by atoms with Gasteiger partial charge in [0, 0.05) is 57.1 Å². The van der Waals surface area contributed by atoms with Crippen LogP contribution in [0.1, 0.15) is 24.2 Å². The molecule has 0 aromatic carbocycles. The van der Waals surface area contributed by atoms with Gasteiger partial charge in [-0.25, -0.2) is 0 Å². The van der Waals surface area contributed by atoms with Crippen molar-refractivity contribution >= 4 is 0 Å². The second-order valence-electron chi connectivity index (χ2n) is 5.41. The first-order chi connectivity index (χ1) is 8.52. The molecule has 5 heteroatoms. The zero-order valence-corrected chi connectivity index (χ0v) is 11.9. The normalized spacial score (nSPS) is 24.4. The van der Waals surface area contributed by atoms with E-state index in [-0.39, 0.29) is 0 Å². The lowest BCUT2D eigenvalue weighted by Crippen LogP contribution is -2.55. The van der Waals surface area contributed by atoms with Crippen molar-refractivity contribution in [1.82, 2.24) is 19.6 Å². The topological polar surface area (TPSA) is 50.3 Å². The van der Waals surface area contributed by atoms with E-state index >= 15 is 0 Å². The number of hydrogen-bond acceptors (Lipinski definition) is 4. The molecule has 2 rings (SSSR count). The largest absolute Gasteiger partial charge is 0.329 e. The van der Waals surface area contributed by atoms with Gasteiger partial charge in [-0.3, -0.25) is 9.58 Å². The van der Waals surface area contributed by atoms with Crippen molar-refractivity contribution in [3.63, 3.8) is 0 Å². The van der Waals surface area contributed by atoms with Gasteiger partial charge in [-0.2, -0.15) is 5.10 Å². The zero-order chi connectivity index (χ0) is 13.3. The van der Waals surface area contributed by atoms with E-state index in [0.29, 0.717) is 18.6 Å². The van der Waals surface area contributed by atoms with E-state index in [9.17, 15) is 0 Å². The molecule has 1 aliphatic rings. The number of aromatic nitrogens is 2. The fraction of sp³-hybridized carbons (Fsp3) is 0.769. The van der Waals surface area contributed by atoms with Gasteiger partial charge in [0.25, 0.3) is 0 Å². The van der Waals surface area contributed by atoms with Gasteiger partial charge in [0.1, 0.15) is 0 Å². The van der Waals surface area contributed by atoms with Gasteiger partial charge in [0.15, 0.2) is 0 Å². The number of hydrogen-bond donors (Lipinski definition) is 1. The summed E-state index contributed by atoms with van der Waals surface area (Å²) in [6, 6.07) is 0.833. The molecule has 1 aromatic heterocycles. The van der Waals surface area contributed by atoms with Gasteiger partial charge < -0.3 is 10.6 Å². The summed E-state index contributed by atoms with van der Waals surface area (Å²) >= 11 is 0. The second kappa shape index (κ2) is 5.38. The molecule has 5 nitrogen and oxygen atoms in total. The summed E-state index contributed by atoms with van der Waals surface area (Å²) in [5, 5.41) is 4.44. The quantitative estimate of drug-likeness (QED) is 0.843. The van der Waals surface area contributed by atoms with Gasteiger partial charge in [-0.1, -0.05) is 0 Å². The first-order valence-corrected chi connectivity index (χ1v) is 6.67. The molecule has 0 radical (unpaired) electrons. The first-order valence-electron chi connectivity index (χ1n) is 6.67. The summed E-state index contributed by atoms with van der Waals surface area (Å²) in [5.74, 6) is 0. The lowest BCUT2D eigenvalue weighted by atomic mass is 10.0. The Kier molecular flexibility index (Phi) is 4.04. The third kappa shape index (κ3) is 2.58. The molecule has 1 aromatic rings. The van der Waals surface area contributed by atoms with Crippen LogP contribution in [0.15, 0.2) is 6.20 Å². The van der Waals surface area contributed by atoms with Crippen LogP contribution in [-0.4, -0.2) is 58.8 Å². The Morgan fingerprint density at radius 2 is 2.17 bits per heavy atom. The number of nitrogens with zero attached hydrogens (tertiary/aromatic N) is 4. The summed E-state index contributed by atoms with van der Waals surface area (Å²) in [5.41, 5.74) is 8.37. The lowest BCUT2D eigenvalue weighted by molar-refractivity contribution is 0.0619. The van der Waals surface area contributed by atoms with Crippen molar-refractivity contribution < 1.29 is 0 Å². The van der Waals surface area contributed by atoms with Crippen LogP contribution in [0.5, 0.6) is 0 Å². The maximum Gasteiger partial charge on any atom is 0.0641 e. The van der Waals surface area contributed by atoms with Crippen molar-refractivity contribution in [3.05, 3.63) is 17.5 Å². The smallest absolute Gasteiger partial charge is 0.0641 e. The Morgan fingerprint density at radius 3 is 2.72 bits per heavy atom. The summed E-state index contributed by atoms with van der Waals surface area (Å²) in [6.45, 7) is 8.31. The molecule has 1 saturated heterocycles. The fourth-order valence-corrected chi connectivity index (χ4v) is 2.95. The number of rotatable bonds is 3. The highest BCUT2D eigenvalue weighted by Gasteiger charge is 2.29. The minimum Gasteiger partial charge on any atom is -0.329 e. The molecule has 2 heterocycles. The predicted octanol–water partition coefficient (Wildman–Crippen LogP) is 0.364. The van der Waals surface area contributed by atoms with Crippen LogP contribution < -0.4 is 5.73 Å². The van der Waals surface area contributed by atoms with E-state index in [1.807, 2.05) is 11.7 Å². The second-order valence-corrected chi connectivity index (χ2v) is 5.41. The van der Waals surface area contributed by atoms with Gasteiger partial charge in [0.2, 0.25) is 0 Å². The molecule has 0 spiro atoms. The van der Waals surface area contributed by atoms with Crippen LogP contribution >= 0.6 is 0 Å². The average Bonchev–Trinajstić information content (AvgIpc) is 2.67. The molecule has 2 unspecified atom stereocenters. The van der Waals surface area contributed by atoms with Crippen molar-refractivity contribution in [1.29, 1.82) is 0 Å². The summed E-state index contributed by atoms with van der Waals surface area (Å²) in [4.78, 5) is 4.88. The Hall–Kier alpha value is -0.910. The van der Waals surface area contributed by atoms with E-state index in [1.54, 1.807) is 0 Å². The molecule has 2 atom stereocenters. The predicted molar refractivity (Wildman–Crippen MR) is 73.4 cm³/mol. The maximum absolute atomic E-state index is 5.93. The van der Waals surface area contributed by atoms with Crippen LogP contribution in [0.3, 0.4) is 0 Å². The first kappa shape index (κ1) is 13.5. The standard InChI is InChI=1S/C13H25N5/c1-10-13(9-17(4)15-10)11(2)18-6-5-16(3)8-12(18)7-14/h9,11-12H,5-8,14H2,1-4H3. The highest BCUT2D eigenvalue weighted by molar-refractivity contribution is 5.20. The monoisotopic (exact) mass is 251 g/mol. The van der Waals surface area contributed by atoms with Gasteiger partial charge in [0.05, 0.1) is 5.69 Å². The Morgan fingerprint density at radius 1 is 1.44 bits per heavy atom. The van der Waals surface area contributed by atoms with Crippen molar-refractivity contribution in [2.75, 3.05) is 33.2 Å². The minimum atomic E-state index is 0.390. The van der Waals surface area contributed by atoms with Crippen LogP contribution in [0.2, 0.25) is 0 Å². The molecule has 0 bridgehead atoms. The minimum absolute atomic E-state index is 0.390. The number of nitrogens with two attached hydrogens (primary N) is 1. The molecule has 18 heavy (non-hydrogen) atoms. The molecule has 0 aliphatic carbocycles. The molecule has 2 N–H and O–H groups in total. The van der Waals surface area contributed by atoms with E-state index in [0.717, 1.165) is 25.3 Å². The SMILES string of the molecule is Cc1nn(C)cc1C(C)N1CCN(C)CC1CN. The molecular weight excluding hydrogens is 226 g/mol. The van der Waals surface area contributed by atoms with Crippen LogP contribution in [0.4, 0.5) is 0 Å². The third-order valence-corrected chi connectivity index (χ3v) is 4.00. The maximum atomic E-state index is 5.93. The molecule has 102 valence electrons.